The Labute approximate surface area is 69.5 Å². The Balaban J connectivity index is 3.76. The highest BCUT2D eigenvalue weighted by molar-refractivity contribution is 6.52. The zero-order valence-electron chi connectivity index (χ0n) is 6.71. The first-order chi connectivity index (χ1) is 5.06. The van der Waals surface area contributed by atoms with Crippen molar-refractivity contribution in [3.63, 3.8) is 0 Å². The first-order valence-corrected chi connectivity index (χ1v) is 5.60. The summed E-state index contributed by atoms with van der Waals surface area (Å²) in [5.74, 6) is -0.850. The van der Waals surface area contributed by atoms with Gasteiger partial charge in [0.05, 0.1) is 10.4 Å². The summed E-state index contributed by atoms with van der Waals surface area (Å²) in [6.45, 7) is 2.56. The van der Waals surface area contributed by atoms with E-state index in [1.54, 1.807) is 0 Å². The molecule has 0 aromatic carbocycles. The van der Waals surface area contributed by atoms with E-state index in [0.29, 0.717) is 10.4 Å². The van der Waals surface area contributed by atoms with E-state index in [9.17, 15) is 9.59 Å². The summed E-state index contributed by atoms with van der Waals surface area (Å²) in [7, 11) is -1.58. The van der Waals surface area contributed by atoms with Crippen molar-refractivity contribution in [3.05, 3.63) is 0 Å². The van der Waals surface area contributed by atoms with Crippen molar-refractivity contribution < 1.29 is 18.4 Å². The minimum atomic E-state index is -2.22. The molecule has 0 unspecified atom stereocenters. The topological polar surface area (TPSA) is 64.6 Å². The lowest BCUT2D eigenvalue weighted by Crippen LogP contribution is -2.40. The Bertz CT molecular complexity index is 146. The van der Waals surface area contributed by atoms with Gasteiger partial charge < -0.3 is 13.5 Å². The molecule has 0 aromatic heterocycles. The van der Waals surface area contributed by atoms with Crippen LogP contribution in [0.15, 0.2) is 0 Å². The number of carbonyl (C=O) groups is 2. The van der Waals surface area contributed by atoms with Crippen molar-refractivity contribution in [3.8, 4) is 0 Å². The van der Waals surface area contributed by atoms with Crippen LogP contribution < -0.4 is 4.65 Å². The summed E-state index contributed by atoms with van der Waals surface area (Å²) in [6.07, 6.45) is 0. The Morgan fingerprint density at radius 1 is 1.27 bits per heavy atom. The molecule has 7 heteroatoms. The average Bonchev–Trinajstić information content (AvgIpc) is 1.84. The van der Waals surface area contributed by atoms with Crippen LogP contribution in [0.2, 0.25) is 0 Å². The van der Waals surface area contributed by atoms with Gasteiger partial charge in [0.25, 0.3) is 11.9 Å². The van der Waals surface area contributed by atoms with Gasteiger partial charge in [-0.15, -0.1) is 0 Å². The monoisotopic (exact) mass is 193 g/mol. The summed E-state index contributed by atoms with van der Waals surface area (Å²) in [6, 6.07) is 0. The third-order valence-electron chi connectivity index (χ3n) is 0.782. The minimum Gasteiger partial charge on any atom is -0.476 e. The predicted octanol–water partition coefficient (Wildman–Crippen LogP) is -2.30. The van der Waals surface area contributed by atoms with Crippen LogP contribution in [0.4, 0.5) is 0 Å². The largest absolute Gasteiger partial charge is 0.532 e. The third kappa shape index (κ3) is 5.76. The molecule has 5 nitrogen and oxygen atoms in total. The van der Waals surface area contributed by atoms with Crippen molar-refractivity contribution in [2.24, 2.45) is 0 Å². The fourth-order valence-corrected chi connectivity index (χ4v) is 2.04. The summed E-state index contributed by atoms with van der Waals surface area (Å²) >= 11 is 0. The molecule has 0 aliphatic carbocycles. The van der Waals surface area contributed by atoms with Crippen LogP contribution in [0.1, 0.15) is 13.8 Å². The molecular weight excluding hydrogens is 182 g/mol. The molecule has 0 saturated heterocycles. The molecule has 0 aromatic rings. The second-order valence-corrected chi connectivity index (χ2v) is 5.28. The molecule has 0 aliphatic heterocycles. The van der Waals surface area contributed by atoms with Crippen LogP contribution in [0.25, 0.3) is 0 Å². The standard InChI is InChI=1S/C4H11NO4Si2/c1-3(6)8-11(5-10)9-4(2)7/h5,11H,1-2,10H3. The molecule has 0 bridgehead atoms. The molecule has 0 radical (unpaired) electrons. The first-order valence-electron chi connectivity index (χ1n) is 3.08. The molecule has 0 spiro atoms. The van der Waals surface area contributed by atoms with E-state index >= 15 is 0 Å². The number of carbonyl (C=O) groups excluding carboxylic acids is 2. The Morgan fingerprint density at radius 2 is 1.64 bits per heavy atom. The number of hydrogen-bond donors (Lipinski definition) is 1. The lowest BCUT2D eigenvalue weighted by atomic mass is 10.9. The summed E-state index contributed by atoms with van der Waals surface area (Å²) in [5, 5.41) is 0. The first kappa shape index (κ1) is 10.3. The molecule has 0 aliphatic rings. The molecule has 64 valence electrons. The van der Waals surface area contributed by atoms with E-state index in [1.807, 2.05) is 0 Å². The number of rotatable bonds is 3. The van der Waals surface area contributed by atoms with E-state index in [4.69, 9.17) is 8.85 Å². The number of hydrogen-bond acceptors (Lipinski definition) is 5. The quantitative estimate of drug-likeness (QED) is 0.511. The van der Waals surface area contributed by atoms with Crippen molar-refractivity contribution in [1.29, 1.82) is 0 Å². The average molecular weight is 193 g/mol. The maximum Gasteiger partial charge on any atom is 0.532 e. The van der Waals surface area contributed by atoms with Gasteiger partial charge >= 0.3 is 9.45 Å². The normalized spacial score (nSPS) is 9.73. The van der Waals surface area contributed by atoms with Gasteiger partial charge in [0.2, 0.25) is 0 Å². The molecule has 0 amide bonds. The second kappa shape index (κ2) is 5.05. The smallest absolute Gasteiger partial charge is 0.476 e. The van der Waals surface area contributed by atoms with E-state index in [-0.39, 0.29) is 0 Å². The fraction of sp³-hybridized carbons (Fsp3) is 0.500. The van der Waals surface area contributed by atoms with Gasteiger partial charge in [-0.05, 0) is 0 Å². The zero-order chi connectivity index (χ0) is 8.85. The maximum absolute atomic E-state index is 10.4. The molecule has 0 fully saturated rings. The Kier molecular flexibility index (Phi) is 4.74. The van der Waals surface area contributed by atoms with Crippen LogP contribution in [-0.4, -0.2) is 31.8 Å². The van der Waals surface area contributed by atoms with Crippen LogP contribution in [0.5, 0.6) is 0 Å². The van der Waals surface area contributed by atoms with Gasteiger partial charge in [-0.1, -0.05) is 0 Å². The highest BCUT2D eigenvalue weighted by Gasteiger charge is 2.16. The third-order valence-corrected chi connectivity index (χ3v) is 3.76. The Hall–Kier alpha value is -0.666. The molecule has 1 N–H and O–H groups in total. The molecule has 0 atom stereocenters. The van der Waals surface area contributed by atoms with Crippen LogP contribution in [0.3, 0.4) is 0 Å². The molecule has 0 rings (SSSR count). The highest BCUT2D eigenvalue weighted by atomic mass is 28.3. The summed E-state index contributed by atoms with van der Waals surface area (Å²) < 4.78 is 12.1. The lowest BCUT2D eigenvalue weighted by Gasteiger charge is -2.12. The van der Waals surface area contributed by atoms with Crippen molar-refractivity contribution in [2.75, 3.05) is 0 Å². The maximum atomic E-state index is 10.4. The van der Waals surface area contributed by atoms with E-state index in [0.717, 1.165) is 0 Å². The van der Waals surface area contributed by atoms with E-state index < -0.39 is 21.4 Å². The minimum absolute atomic E-state index is 0.425. The summed E-state index contributed by atoms with van der Waals surface area (Å²) in [4.78, 5) is 20.8. The lowest BCUT2D eigenvalue weighted by molar-refractivity contribution is -0.137. The van der Waals surface area contributed by atoms with Gasteiger partial charge in [0.15, 0.2) is 0 Å². The number of nitrogens with one attached hydrogen (secondary N) is 1. The van der Waals surface area contributed by atoms with Crippen molar-refractivity contribution in [2.45, 2.75) is 13.8 Å². The fourth-order valence-electron chi connectivity index (χ4n) is 0.443. The molecule has 11 heavy (non-hydrogen) atoms. The Morgan fingerprint density at radius 3 is 1.82 bits per heavy atom. The van der Waals surface area contributed by atoms with Gasteiger partial charge in [-0.2, -0.15) is 0 Å². The van der Waals surface area contributed by atoms with Crippen LogP contribution in [0, 0.1) is 0 Å². The van der Waals surface area contributed by atoms with Gasteiger partial charge in [0, 0.05) is 13.8 Å². The zero-order valence-corrected chi connectivity index (χ0v) is 9.87. The predicted molar refractivity (Wildman–Crippen MR) is 43.8 cm³/mol. The highest BCUT2D eigenvalue weighted by Crippen LogP contribution is 1.85. The van der Waals surface area contributed by atoms with E-state index in [1.165, 1.54) is 13.8 Å². The van der Waals surface area contributed by atoms with Crippen LogP contribution in [-0.2, 0) is 18.4 Å². The molecule has 0 heterocycles. The van der Waals surface area contributed by atoms with Crippen LogP contribution >= 0.6 is 0 Å². The SMILES string of the molecule is CC(=O)O[SiH](N[SiH3])OC(C)=O. The van der Waals surface area contributed by atoms with Gasteiger partial charge in [-0.25, -0.2) is 0 Å². The molecular formula is C4H11NO4Si2. The van der Waals surface area contributed by atoms with Gasteiger partial charge in [-0.3, -0.25) is 9.59 Å². The second-order valence-electron chi connectivity index (χ2n) is 1.84. The van der Waals surface area contributed by atoms with Gasteiger partial charge in [0.1, 0.15) is 0 Å². The summed E-state index contributed by atoms with van der Waals surface area (Å²) in [5.41, 5.74) is 0. The van der Waals surface area contributed by atoms with Crippen molar-refractivity contribution >= 4 is 31.8 Å². The molecule has 0 saturated carbocycles. The van der Waals surface area contributed by atoms with Crippen molar-refractivity contribution in [1.82, 2.24) is 4.65 Å². The van der Waals surface area contributed by atoms with E-state index in [2.05, 4.69) is 4.65 Å².